The Hall–Kier alpha value is -1.80. The fourth-order valence-corrected chi connectivity index (χ4v) is 3.91. The third kappa shape index (κ3) is 3.45. The predicted octanol–water partition coefficient (Wildman–Crippen LogP) is 2.52. The highest BCUT2D eigenvalue weighted by Crippen LogP contribution is 2.22. The molecule has 0 aliphatic carbocycles. The van der Waals surface area contributed by atoms with Crippen LogP contribution in [0.2, 0.25) is 0 Å². The average molecular weight is 329 g/mol. The number of aryl methyl sites for hydroxylation is 1. The second-order valence-electron chi connectivity index (χ2n) is 4.30. The van der Waals surface area contributed by atoms with Crippen LogP contribution in [-0.2, 0) is 22.0 Å². The Kier molecular flexibility index (Phi) is 4.38. The number of halogens is 1. The Bertz CT molecular complexity index is 783. The number of thiazole rings is 1. The third-order valence-corrected chi connectivity index (χ3v) is 5.47. The molecule has 8 heteroatoms. The number of carboxylic acids is 1. The highest BCUT2D eigenvalue weighted by atomic mass is 32.2. The molecule has 2 rings (SSSR count). The number of nitrogens with zero attached hydrogens (tertiary/aromatic N) is 1. The Morgan fingerprint density at radius 2 is 2.14 bits per heavy atom. The standard InChI is InChI=1S/C13H12FNO4S2/c1-2-12-15-9(6-20-12)7-21(18,19)11-4-3-8(13(16)17)5-10(11)14/h3-6H,2,7H2,1H3,(H,16,17). The van der Waals surface area contributed by atoms with Crippen LogP contribution < -0.4 is 0 Å². The van der Waals surface area contributed by atoms with Gasteiger partial charge in [0.2, 0.25) is 0 Å². The van der Waals surface area contributed by atoms with Crippen molar-refractivity contribution in [1.29, 1.82) is 0 Å². The van der Waals surface area contributed by atoms with Crippen LogP contribution in [0.15, 0.2) is 28.5 Å². The zero-order valence-electron chi connectivity index (χ0n) is 11.0. The molecule has 0 atom stereocenters. The van der Waals surface area contributed by atoms with Gasteiger partial charge in [-0.25, -0.2) is 22.6 Å². The van der Waals surface area contributed by atoms with Crippen molar-refractivity contribution < 1.29 is 22.7 Å². The van der Waals surface area contributed by atoms with E-state index in [2.05, 4.69) is 4.98 Å². The zero-order valence-corrected chi connectivity index (χ0v) is 12.7. The lowest BCUT2D eigenvalue weighted by Crippen LogP contribution is -2.09. The first kappa shape index (κ1) is 15.6. The van der Waals surface area contributed by atoms with Crippen molar-refractivity contribution in [1.82, 2.24) is 4.98 Å². The van der Waals surface area contributed by atoms with Gasteiger partial charge in [0.25, 0.3) is 0 Å². The van der Waals surface area contributed by atoms with Gasteiger partial charge in [0.05, 0.1) is 22.0 Å². The normalized spacial score (nSPS) is 11.5. The summed E-state index contributed by atoms with van der Waals surface area (Å²) in [5, 5.41) is 11.2. The summed E-state index contributed by atoms with van der Waals surface area (Å²) in [7, 11) is -3.91. The third-order valence-electron chi connectivity index (χ3n) is 2.75. The van der Waals surface area contributed by atoms with E-state index >= 15 is 0 Å². The maximum atomic E-state index is 13.8. The molecule has 112 valence electrons. The number of benzene rings is 1. The maximum Gasteiger partial charge on any atom is 0.335 e. The molecule has 0 aliphatic rings. The highest BCUT2D eigenvalue weighted by molar-refractivity contribution is 7.90. The van der Waals surface area contributed by atoms with Crippen molar-refractivity contribution in [3.8, 4) is 0 Å². The molecule has 2 aromatic rings. The molecule has 0 bridgehead atoms. The first-order chi connectivity index (χ1) is 9.83. The van der Waals surface area contributed by atoms with Crippen molar-refractivity contribution in [3.63, 3.8) is 0 Å². The topological polar surface area (TPSA) is 84.3 Å². The van der Waals surface area contributed by atoms with Crippen molar-refractivity contribution in [3.05, 3.63) is 45.7 Å². The monoisotopic (exact) mass is 329 g/mol. The minimum absolute atomic E-state index is 0.298. The van der Waals surface area contributed by atoms with E-state index in [-0.39, 0.29) is 5.56 Å². The smallest absolute Gasteiger partial charge is 0.335 e. The molecule has 5 nitrogen and oxygen atoms in total. The molecule has 1 N–H and O–H groups in total. The van der Waals surface area contributed by atoms with E-state index in [0.29, 0.717) is 18.2 Å². The lowest BCUT2D eigenvalue weighted by molar-refractivity contribution is 0.0696. The second kappa shape index (κ2) is 5.90. The lowest BCUT2D eigenvalue weighted by atomic mass is 10.2. The SMILES string of the molecule is CCc1nc(CS(=O)(=O)c2ccc(C(=O)O)cc2F)cs1. The van der Waals surface area contributed by atoms with Gasteiger partial charge in [0, 0.05) is 5.38 Å². The molecular formula is C13H12FNO4S2. The van der Waals surface area contributed by atoms with Crippen LogP contribution in [0.25, 0.3) is 0 Å². The van der Waals surface area contributed by atoms with Crippen LogP contribution in [0.1, 0.15) is 28.0 Å². The quantitative estimate of drug-likeness (QED) is 0.911. The second-order valence-corrected chi connectivity index (χ2v) is 7.20. The maximum absolute atomic E-state index is 13.8. The van der Waals surface area contributed by atoms with Crippen molar-refractivity contribution in [2.45, 2.75) is 24.0 Å². The van der Waals surface area contributed by atoms with Gasteiger partial charge >= 0.3 is 5.97 Å². The molecule has 21 heavy (non-hydrogen) atoms. The van der Waals surface area contributed by atoms with Gasteiger partial charge < -0.3 is 5.11 Å². The van der Waals surface area contributed by atoms with Crippen LogP contribution in [0.5, 0.6) is 0 Å². The molecule has 0 saturated carbocycles. The van der Waals surface area contributed by atoms with E-state index < -0.39 is 32.3 Å². The Balaban J connectivity index is 2.33. The van der Waals surface area contributed by atoms with Crippen LogP contribution in [0.4, 0.5) is 4.39 Å². The number of carbonyl (C=O) groups is 1. The molecule has 0 amide bonds. The van der Waals surface area contributed by atoms with E-state index in [1.54, 1.807) is 5.38 Å². The van der Waals surface area contributed by atoms with Crippen molar-refractivity contribution in [2.24, 2.45) is 0 Å². The summed E-state index contributed by atoms with van der Waals surface area (Å²) >= 11 is 1.35. The molecule has 0 radical (unpaired) electrons. The minimum Gasteiger partial charge on any atom is -0.478 e. The van der Waals surface area contributed by atoms with Gasteiger partial charge in [0.15, 0.2) is 9.84 Å². The number of aromatic nitrogens is 1. The molecule has 0 fully saturated rings. The molecule has 0 aliphatic heterocycles. The van der Waals surface area contributed by atoms with Crippen LogP contribution in [0.3, 0.4) is 0 Å². The zero-order chi connectivity index (χ0) is 15.6. The summed E-state index contributed by atoms with van der Waals surface area (Å²) in [5.74, 6) is -2.79. The number of hydrogen-bond donors (Lipinski definition) is 1. The summed E-state index contributed by atoms with van der Waals surface area (Å²) in [5.41, 5.74) is 0.0620. The number of sulfone groups is 1. The average Bonchev–Trinajstić information content (AvgIpc) is 2.85. The Labute approximate surface area is 125 Å². The van der Waals surface area contributed by atoms with E-state index in [4.69, 9.17) is 5.11 Å². The minimum atomic E-state index is -3.91. The van der Waals surface area contributed by atoms with Crippen LogP contribution in [0, 0.1) is 5.82 Å². The fourth-order valence-electron chi connectivity index (χ4n) is 1.74. The summed E-state index contributed by atoms with van der Waals surface area (Å²) in [6.07, 6.45) is 0.701. The van der Waals surface area contributed by atoms with Gasteiger partial charge in [-0.3, -0.25) is 0 Å². The predicted molar refractivity (Wildman–Crippen MR) is 75.7 cm³/mol. The van der Waals surface area contributed by atoms with Crippen LogP contribution >= 0.6 is 11.3 Å². The highest BCUT2D eigenvalue weighted by Gasteiger charge is 2.22. The van der Waals surface area contributed by atoms with Gasteiger partial charge in [-0.15, -0.1) is 11.3 Å². The largest absolute Gasteiger partial charge is 0.478 e. The molecule has 1 heterocycles. The van der Waals surface area contributed by atoms with Gasteiger partial charge in [-0.05, 0) is 24.6 Å². The number of rotatable bonds is 5. The lowest BCUT2D eigenvalue weighted by Gasteiger charge is -2.05. The summed E-state index contributed by atoms with van der Waals surface area (Å²) in [6, 6.07) is 2.74. The molecule has 1 aromatic heterocycles. The van der Waals surface area contributed by atoms with Gasteiger partial charge in [-0.2, -0.15) is 0 Å². The van der Waals surface area contributed by atoms with E-state index in [1.807, 2.05) is 6.92 Å². The Morgan fingerprint density at radius 1 is 1.43 bits per heavy atom. The van der Waals surface area contributed by atoms with Crippen molar-refractivity contribution in [2.75, 3.05) is 0 Å². The molecule has 1 aromatic carbocycles. The van der Waals surface area contributed by atoms with E-state index in [0.717, 1.165) is 17.1 Å². The molecular weight excluding hydrogens is 317 g/mol. The first-order valence-corrected chi connectivity index (χ1v) is 8.55. The molecule has 0 spiro atoms. The summed E-state index contributed by atoms with van der Waals surface area (Å²) in [4.78, 5) is 14.3. The molecule has 0 unspecified atom stereocenters. The first-order valence-electron chi connectivity index (χ1n) is 6.02. The van der Waals surface area contributed by atoms with Gasteiger partial charge in [-0.1, -0.05) is 6.92 Å². The molecule has 0 saturated heterocycles. The fraction of sp³-hybridized carbons (Fsp3) is 0.231. The van der Waals surface area contributed by atoms with Crippen LogP contribution in [-0.4, -0.2) is 24.5 Å². The summed E-state index contributed by atoms with van der Waals surface area (Å²) in [6.45, 7) is 1.90. The number of aromatic carboxylic acids is 1. The number of hydrogen-bond acceptors (Lipinski definition) is 5. The van der Waals surface area contributed by atoms with E-state index in [9.17, 15) is 17.6 Å². The van der Waals surface area contributed by atoms with Gasteiger partial charge in [0.1, 0.15) is 10.7 Å². The summed E-state index contributed by atoms with van der Waals surface area (Å²) < 4.78 is 38.2. The van der Waals surface area contributed by atoms with Crippen molar-refractivity contribution >= 4 is 27.1 Å². The van der Waals surface area contributed by atoms with E-state index in [1.165, 1.54) is 11.3 Å². The Morgan fingerprint density at radius 3 is 2.67 bits per heavy atom. The number of carboxylic acid groups (broad SMARTS) is 1.